The molecule has 1 N–H and O–H groups in total. The highest BCUT2D eigenvalue weighted by molar-refractivity contribution is 7.89. The average Bonchev–Trinajstić information content (AvgIpc) is 2.24. The maximum atomic E-state index is 11.9. The molecule has 92 valence electrons. The molecule has 17 heavy (non-hydrogen) atoms. The second-order valence-corrected chi connectivity index (χ2v) is 5.94. The largest absolute Gasteiger partial charge is 0.241 e. The minimum atomic E-state index is -3.69. The molecule has 1 unspecified atom stereocenters. The monoisotopic (exact) mass is 291 g/mol. The highest BCUT2D eigenvalue weighted by atomic mass is 35.5. The summed E-state index contributed by atoms with van der Waals surface area (Å²) in [5.41, 5.74) is 0. The maximum Gasteiger partial charge on any atom is 0.241 e. The highest BCUT2D eigenvalue weighted by Gasteiger charge is 2.18. The summed E-state index contributed by atoms with van der Waals surface area (Å²) in [6.45, 7) is 1.79. The Balaban J connectivity index is 3.10. The third kappa shape index (κ3) is 3.90. The smallest absolute Gasteiger partial charge is 0.207 e. The van der Waals surface area contributed by atoms with Crippen molar-refractivity contribution < 1.29 is 8.42 Å². The van der Waals surface area contributed by atoms with Crippen LogP contribution in [0.3, 0.4) is 0 Å². The zero-order valence-electron chi connectivity index (χ0n) is 9.07. The van der Waals surface area contributed by atoms with Gasteiger partial charge in [0.15, 0.2) is 0 Å². The summed E-state index contributed by atoms with van der Waals surface area (Å²) in [5.74, 6) is 2.35. The van der Waals surface area contributed by atoms with Crippen molar-refractivity contribution in [3.8, 4) is 12.3 Å². The van der Waals surface area contributed by atoms with Crippen molar-refractivity contribution >= 4 is 33.2 Å². The van der Waals surface area contributed by atoms with Crippen molar-refractivity contribution in [2.24, 2.45) is 0 Å². The molecule has 0 radical (unpaired) electrons. The van der Waals surface area contributed by atoms with Crippen LogP contribution >= 0.6 is 23.2 Å². The standard InChI is InChI=1S/C11H11Cl2NO2S/c1-3-10(4-2)14-17(15,16)11-6-8(12)5-9(13)7-11/h1,5-7,10,14H,4H2,2H3. The molecule has 0 fully saturated rings. The molecule has 0 saturated heterocycles. The molecule has 1 rings (SSSR count). The molecule has 0 bridgehead atoms. The average molecular weight is 292 g/mol. The first-order valence-electron chi connectivity index (χ1n) is 4.83. The number of sulfonamides is 1. The lowest BCUT2D eigenvalue weighted by Gasteiger charge is -2.11. The van der Waals surface area contributed by atoms with Crippen LogP contribution in [0.5, 0.6) is 0 Å². The number of rotatable bonds is 4. The van der Waals surface area contributed by atoms with Gasteiger partial charge in [0.1, 0.15) is 0 Å². The second-order valence-electron chi connectivity index (χ2n) is 3.35. The first-order valence-corrected chi connectivity index (χ1v) is 7.07. The van der Waals surface area contributed by atoms with Gasteiger partial charge in [0.2, 0.25) is 10.0 Å². The Bertz CT molecular complexity index is 529. The van der Waals surface area contributed by atoms with Crippen molar-refractivity contribution in [1.29, 1.82) is 0 Å². The molecule has 0 aliphatic carbocycles. The van der Waals surface area contributed by atoms with Crippen LogP contribution < -0.4 is 4.72 Å². The Morgan fingerprint density at radius 2 is 1.88 bits per heavy atom. The number of hydrogen-bond donors (Lipinski definition) is 1. The number of terminal acetylenes is 1. The first kappa shape index (κ1) is 14.3. The van der Waals surface area contributed by atoms with Gasteiger partial charge in [-0.1, -0.05) is 36.0 Å². The van der Waals surface area contributed by atoms with Crippen LogP contribution in [-0.2, 0) is 10.0 Å². The lowest BCUT2D eigenvalue weighted by Crippen LogP contribution is -2.33. The van der Waals surface area contributed by atoms with Crippen LogP contribution in [0, 0.1) is 12.3 Å². The summed E-state index contributed by atoms with van der Waals surface area (Å²) in [6, 6.07) is 3.55. The zero-order valence-corrected chi connectivity index (χ0v) is 11.4. The lowest BCUT2D eigenvalue weighted by atomic mass is 10.3. The van der Waals surface area contributed by atoms with Crippen LogP contribution in [0.4, 0.5) is 0 Å². The Morgan fingerprint density at radius 1 is 1.35 bits per heavy atom. The van der Waals surface area contributed by atoms with Gasteiger partial charge >= 0.3 is 0 Å². The van der Waals surface area contributed by atoms with Crippen LogP contribution in [0.25, 0.3) is 0 Å². The van der Waals surface area contributed by atoms with Gasteiger partial charge in [-0.2, -0.15) is 4.72 Å². The molecule has 6 heteroatoms. The van der Waals surface area contributed by atoms with E-state index in [9.17, 15) is 8.42 Å². The molecule has 1 aromatic carbocycles. The summed E-state index contributed by atoms with van der Waals surface area (Å²) >= 11 is 11.5. The van der Waals surface area contributed by atoms with Gasteiger partial charge in [0, 0.05) is 10.0 Å². The molecular weight excluding hydrogens is 281 g/mol. The summed E-state index contributed by atoms with van der Waals surface area (Å²) < 4.78 is 26.3. The Hall–Kier alpha value is -0.730. The molecular formula is C11H11Cl2NO2S. The molecule has 0 aromatic heterocycles. The fraction of sp³-hybridized carbons (Fsp3) is 0.273. The third-order valence-corrected chi connectivity index (χ3v) is 3.94. The van der Waals surface area contributed by atoms with E-state index in [4.69, 9.17) is 29.6 Å². The SMILES string of the molecule is C#CC(CC)NS(=O)(=O)c1cc(Cl)cc(Cl)c1. The van der Waals surface area contributed by atoms with Gasteiger partial charge < -0.3 is 0 Å². The van der Waals surface area contributed by atoms with E-state index in [1.807, 2.05) is 0 Å². The number of benzene rings is 1. The van der Waals surface area contributed by atoms with Gasteiger partial charge in [-0.05, 0) is 24.6 Å². The van der Waals surface area contributed by atoms with E-state index in [1.165, 1.54) is 18.2 Å². The van der Waals surface area contributed by atoms with Gasteiger partial charge in [-0.3, -0.25) is 0 Å². The quantitative estimate of drug-likeness (QED) is 0.867. The van der Waals surface area contributed by atoms with Crippen LogP contribution in [-0.4, -0.2) is 14.5 Å². The summed E-state index contributed by atoms with van der Waals surface area (Å²) in [4.78, 5) is 0.00343. The first-order chi connectivity index (χ1) is 7.89. The summed E-state index contributed by atoms with van der Waals surface area (Å²) in [7, 11) is -3.69. The Kier molecular flexibility index (Phi) is 4.84. The number of halogens is 2. The molecule has 3 nitrogen and oxygen atoms in total. The van der Waals surface area contributed by atoms with Gasteiger partial charge in [0.25, 0.3) is 0 Å². The van der Waals surface area contributed by atoms with E-state index >= 15 is 0 Å². The predicted molar refractivity (Wildman–Crippen MR) is 69.7 cm³/mol. The molecule has 0 amide bonds. The second kappa shape index (κ2) is 5.74. The maximum absolute atomic E-state index is 11.9. The van der Waals surface area contributed by atoms with E-state index < -0.39 is 16.1 Å². The van der Waals surface area contributed by atoms with Gasteiger partial charge in [0.05, 0.1) is 10.9 Å². The molecule has 1 atom stereocenters. The number of nitrogens with one attached hydrogen (secondary N) is 1. The van der Waals surface area contributed by atoms with E-state index in [-0.39, 0.29) is 14.9 Å². The van der Waals surface area contributed by atoms with Crippen molar-refractivity contribution in [2.45, 2.75) is 24.3 Å². The van der Waals surface area contributed by atoms with Crippen molar-refractivity contribution in [2.75, 3.05) is 0 Å². The van der Waals surface area contributed by atoms with Crippen molar-refractivity contribution in [3.05, 3.63) is 28.2 Å². The molecule has 0 aliphatic heterocycles. The minimum absolute atomic E-state index is 0.00343. The Morgan fingerprint density at radius 3 is 2.29 bits per heavy atom. The van der Waals surface area contributed by atoms with E-state index in [0.717, 1.165) is 0 Å². The lowest BCUT2D eigenvalue weighted by molar-refractivity contribution is 0.570. The minimum Gasteiger partial charge on any atom is -0.207 e. The molecule has 0 spiro atoms. The predicted octanol–water partition coefficient (Wildman–Crippen LogP) is 2.68. The van der Waals surface area contributed by atoms with Gasteiger partial charge in [-0.25, -0.2) is 8.42 Å². The molecule has 1 aromatic rings. The fourth-order valence-corrected chi connectivity index (χ4v) is 3.14. The summed E-state index contributed by atoms with van der Waals surface area (Å²) in [6.07, 6.45) is 5.70. The number of hydrogen-bond acceptors (Lipinski definition) is 2. The van der Waals surface area contributed by atoms with E-state index in [1.54, 1.807) is 6.92 Å². The fourth-order valence-electron chi connectivity index (χ4n) is 1.17. The topological polar surface area (TPSA) is 46.2 Å². The zero-order chi connectivity index (χ0) is 13.1. The molecule has 0 aliphatic rings. The summed E-state index contributed by atoms with van der Waals surface area (Å²) in [5, 5.41) is 0.512. The Labute approximate surface area is 111 Å². The van der Waals surface area contributed by atoms with Crippen LogP contribution in [0.15, 0.2) is 23.1 Å². The molecule has 0 heterocycles. The van der Waals surface area contributed by atoms with Crippen LogP contribution in [0.2, 0.25) is 10.0 Å². The van der Waals surface area contributed by atoms with E-state index in [2.05, 4.69) is 10.6 Å². The van der Waals surface area contributed by atoms with Crippen LogP contribution in [0.1, 0.15) is 13.3 Å². The van der Waals surface area contributed by atoms with Crippen molar-refractivity contribution in [3.63, 3.8) is 0 Å². The van der Waals surface area contributed by atoms with Gasteiger partial charge in [-0.15, -0.1) is 6.42 Å². The normalized spacial score (nSPS) is 13.1. The highest BCUT2D eigenvalue weighted by Crippen LogP contribution is 2.22. The van der Waals surface area contributed by atoms with Crippen molar-refractivity contribution in [1.82, 2.24) is 4.72 Å². The molecule has 0 saturated carbocycles. The third-order valence-electron chi connectivity index (χ3n) is 2.05. The van der Waals surface area contributed by atoms with E-state index in [0.29, 0.717) is 6.42 Å².